The van der Waals surface area contributed by atoms with Crippen LogP contribution in [0, 0.1) is 17.0 Å². The molecule has 2 saturated heterocycles. The molecule has 3 heterocycles. The van der Waals surface area contributed by atoms with Gasteiger partial charge in [-0.2, -0.15) is 0 Å². The van der Waals surface area contributed by atoms with Crippen molar-refractivity contribution in [2.75, 3.05) is 54.0 Å². The Morgan fingerprint density at radius 2 is 1.68 bits per heavy atom. The van der Waals surface area contributed by atoms with Crippen LogP contribution in [0.3, 0.4) is 0 Å². The third kappa shape index (κ3) is 5.36. The third-order valence-electron chi connectivity index (χ3n) is 6.75. The van der Waals surface area contributed by atoms with E-state index in [9.17, 15) is 19.7 Å². The van der Waals surface area contributed by atoms with Crippen LogP contribution in [0.25, 0.3) is 0 Å². The van der Waals surface area contributed by atoms with Crippen LogP contribution < -0.4 is 20.0 Å². The number of carbonyl (C=O) groups is 2. The van der Waals surface area contributed by atoms with Gasteiger partial charge in [-0.25, -0.2) is 9.78 Å². The molecule has 5 rings (SSSR count). The van der Waals surface area contributed by atoms with Gasteiger partial charge in [-0.05, 0) is 49.4 Å². The molecule has 11 heteroatoms. The number of amides is 2. The van der Waals surface area contributed by atoms with Crippen LogP contribution >= 0.6 is 0 Å². The number of aromatic nitrogens is 1. The number of rotatable bonds is 7. The molecule has 0 unspecified atom stereocenters. The quantitative estimate of drug-likeness (QED) is 0.375. The lowest BCUT2D eigenvalue weighted by Crippen LogP contribution is -2.47. The molecule has 196 valence electrons. The van der Waals surface area contributed by atoms with Gasteiger partial charge in [0.15, 0.2) is 0 Å². The van der Waals surface area contributed by atoms with Crippen molar-refractivity contribution in [3.05, 3.63) is 88.1 Å². The Hall–Kier alpha value is -4.67. The lowest BCUT2D eigenvalue weighted by atomic mass is 10.1. The SMILES string of the molecule is Cc1ccc(C(=O)NC[C@H]2CN(c3ccc(N4CCN(c5ncccc5[N+](=O)[O-])CC4)cc3)C(=O)O2)cc1. The minimum Gasteiger partial charge on any atom is -0.442 e. The molecule has 0 saturated carbocycles. The Labute approximate surface area is 219 Å². The van der Waals surface area contributed by atoms with Crippen LogP contribution in [0.2, 0.25) is 0 Å². The summed E-state index contributed by atoms with van der Waals surface area (Å²) in [5.74, 6) is 0.186. The molecule has 2 aliphatic heterocycles. The maximum absolute atomic E-state index is 12.5. The summed E-state index contributed by atoms with van der Waals surface area (Å²) in [6.45, 7) is 5.10. The number of ether oxygens (including phenoxy) is 1. The highest BCUT2D eigenvalue weighted by Gasteiger charge is 2.33. The van der Waals surface area contributed by atoms with Crippen molar-refractivity contribution in [1.29, 1.82) is 0 Å². The molecule has 38 heavy (non-hydrogen) atoms. The molecule has 1 atom stereocenters. The number of anilines is 3. The Morgan fingerprint density at radius 1 is 1.03 bits per heavy atom. The molecule has 11 nitrogen and oxygen atoms in total. The van der Waals surface area contributed by atoms with Crippen LogP contribution in [0.1, 0.15) is 15.9 Å². The smallest absolute Gasteiger partial charge is 0.414 e. The first-order valence-electron chi connectivity index (χ1n) is 12.4. The van der Waals surface area contributed by atoms with Gasteiger partial charge in [0.2, 0.25) is 5.82 Å². The number of pyridine rings is 1. The summed E-state index contributed by atoms with van der Waals surface area (Å²) in [4.78, 5) is 45.7. The second kappa shape index (κ2) is 10.8. The third-order valence-corrected chi connectivity index (χ3v) is 6.75. The molecule has 0 aliphatic carbocycles. The van der Waals surface area contributed by atoms with E-state index in [1.165, 1.54) is 6.07 Å². The molecule has 0 radical (unpaired) electrons. The molecule has 0 bridgehead atoms. The van der Waals surface area contributed by atoms with Crippen LogP contribution in [0.15, 0.2) is 66.9 Å². The Kier molecular flexibility index (Phi) is 7.07. The van der Waals surface area contributed by atoms with Gasteiger partial charge in [-0.1, -0.05) is 17.7 Å². The summed E-state index contributed by atoms with van der Waals surface area (Å²) in [5, 5.41) is 14.2. The summed E-state index contributed by atoms with van der Waals surface area (Å²) >= 11 is 0. The normalized spacial score (nSPS) is 17.3. The summed E-state index contributed by atoms with van der Waals surface area (Å²) in [6, 6.07) is 18.0. The second-order valence-electron chi connectivity index (χ2n) is 9.29. The average molecular weight is 517 g/mol. The van der Waals surface area contributed by atoms with E-state index in [-0.39, 0.29) is 18.1 Å². The number of hydrogen-bond donors (Lipinski definition) is 1. The van der Waals surface area contributed by atoms with E-state index >= 15 is 0 Å². The minimum absolute atomic E-state index is 0.0100. The van der Waals surface area contributed by atoms with E-state index in [1.807, 2.05) is 48.2 Å². The van der Waals surface area contributed by atoms with E-state index in [0.29, 0.717) is 49.8 Å². The van der Waals surface area contributed by atoms with Gasteiger partial charge >= 0.3 is 11.8 Å². The molecule has 0 spiro atoms. The lowest BCUT2D eigenvalue weighted by Gasteiger charge is -2.36. The van der Waals surface area contributed by atoms with E-state index < -0.39 is 17.1 Å². The van der Waals surface area contributed by atoms with E-state index in [4.69, 9.17) is 4.74 Å². The van der Waals surface area contributed by atoms with Crippen molar-refractivity contribution < 1.29 is 19.2 Å². The summed E-state index contributed by atoms with van der Waals surface area (Å²) in [7, 11) is 0. The standard InChI is InChI=1S/C27H28N6O5/c1-19-4-6-20(7-5-19)26(34)29-17-23-18-32(27(35)38-23)22-10-8-21(9-11-22)30-13-15-31(16-14-30)25-24(33(36)37)3-2-12-28-25/h2-12,23H,13-18H2,1H3,(H,29,34)/t23-/m0/s1. The molecule has 2 fully saturated rings. The molecule has 1 aromatic heterocycles. The van der Waals surface area contributed by atoms with Crippen molar-refractivity contribution in [3.8, 4) is 0 Å². The second-order valence-corrected chi connectivity index (χ2v) is 9.29. The van der Waals surface area contributed by atoms with Gasteiger partial charge < -0.3 is 19.9 Å². The molecule has 2 amide bonds. The van der Waals surface area contributed by atoms with Crippen molar-refractivity contribution >= 4 is 34.9 Å². The number of nitro groups is 1. The predicted octanol–water partition coefficient (Wildman–Crippen LogP) is 3.38. The molecule has 2 aliphatic rings. The highest BCUT2D eigenvalue weighted by Crippen LogP contribution is 2.28. The Morgan fingerprint density at radius 3 is 2.37 bits per heavy atom. The molecule has 3 aromatic rings. The fraction of sp³-hybridized carbons (Fsp3) is 0.296. The molecule has 1 N–H and O–H groups in total. The monoisotopic (exact) mass is 516 g/mol. The maximum Gasteiger partial charge on any atom is 0.414 e. The fourth-order valence-electron chi connectivity index (χ4n) is 4.65. The van der Waals surface area contributed by atoms with Crippen molar-refractivity contribution in [2.45, 2.75) is 13.0 Å². The van der Waals surface area contributed by atoms with Crippen molar-refractivity contribution in [3.63, 3.8) is 0 Å². The number of benzene rings is 2. The van der Waals surface area contributed by atoms with Gasteiger partial charge in [-0.3, -0.25) is 19.8 Å². The van der Waals surface area contributed by atoms with Crippen LogP contribution in [0.5, 0.6) is 0 Å². The number of aryl methyl sites for hydroxylation is 1. The zero-order valence-electron chi connectivity index (χ0n) is 20.9. The van der Waals surface area contributed by atoms with Crippen LogP contribution in [-0.4, -0.2) is 67.3 Å². The van der Waals surface area contributed by atoms with Gasteiger partial charge in [0.1, 0.15) is 6.10 Å². The fourth-order valence-corrected chi connectivity index (χ4v) is 4.65. The van der Waals surface area contributed by atoms with Crippen LogP contribution in [0.4, 0.5) is 27.7 Å². The minimum atomic E-state index is -0.446. The average Bonchev–Trinajstić information content (AvgIpc) is 3.32. The molecule has 2 aromatic carbocycles. The first-order chi connectivity index (χ1) is 18.4. The van der Waals surface area contributed by atoms with Gasteiger partial charge in [-0.15, -0.1) is 0 Å². The lowest BCUT2D eigenvalue weighted by molar-refractivity contribution is -0.384. The summed E-state index contributed by atoms with van der Waals surface area (Å²) in [5.41, 5.74) is 3.36. The largest absolute Gasteiger partial charge is 0.442 e. The number of piperazine rings is 1. The Bertz CT molecular complexity index is 1320. The first kappa shape index (κ1) is 25.0. The predicted molar refractivity (Wildman–Crippen MR) is 143 cm³/mol. The summed E-state index contributed by atoms with van der Waals surface area (Å²) < 4.78 is 5.46. The topological polar surface area (TPSA) is 121 Å². The maximum atomic E-state index is 12.5. The molecular weight excluding hydrogens is 488 g/mol. The highest BCUT2D eigenvalue weighted by atomic mass is 16.6. The number of nitrogens with zero attached hydrogens (tertiary/aromatic N) is 5. The Balaban J connectivity index is 1.15. The number of hydrogen-bond acceptors (Lipinski definition) is 8. The number of nitrogens with one attached hydrogen (secondary N) is 1. The van der Waals surface area contributed by atoms with Gasteiger partial charge in [0.25, 0.3) is 5.91 Å². The number of cyclic esters (lactones) is 1. The summed E-state index contributed by atoms with van der Waals surface area (Å²) in [6.07, 6.45) is 0.678. The van der Waals surface area contributed by atoms with Crippen molar-refractivity contribution in [2.24, 2.45) is 0 Å². The van der Waals surface area contributed by atoms with Gasteiger partial charge in [0, 0.05) is 55.4 Å². The van der Waals surface area contributed by atoms with E-state index in [0.717, 1.165) is 11.3 Å². The zero-order chi connectivity index (χ0) is 26.6. The number of carbonyl (C=O) groups excluding carboxylic acids is 2. The highest BCUT2D eigenvalue weighted by molar-refractivity contribution is 5.94. The van der Waals surface area contributed by atoms with Crippen LogP contribution in [-0.2, 0) is 4.74 Å². The van der Waals surface area contributed by atoms with E-state index in [1.54, 1.807) is 29.3 Å². The van der Waals surface area contributed by atoms with Crippen molar-refractivity contribution in [1.82, 2.24) is 10.3 Å². The molecular formula is C27H28N6O5. The van der Waals surface area contributed by atoms with Gasteiger partial charge in [0.05, 0.1) is 18.0 Å². The first-order valence-corrected chi connectivity index (χ1v) is 12.4. The van der Waals surface area contributed by atoms with E-state index in [2.05, 4.69) is 15.2 Å². The zero-order valence-corrected chi connectivity index (χ0v) is 20.9.